The van der Waals surface area contributed by atoms with E-state index in [1.165, 1.54) is 12.3 Å². The molecule has 0 aromatic heterocycles. The van der Waals surface area contributed by atoms with Gasteiger partial charge in [-0.05, 0) is 23.8 Å². The van der Waals surface area contributed by atoms with Crippen molar-refractivity contribution in [2.75, 3.05) is 0 Å². The maximum Gasteiger partial charge on any atom is 0.169 e. The molecule has 0 fully saturated rings. The van der Waals surface area contributed by atoms with Gasteiger partial charge in [0, 0.05) is 23.8 Å². The first-order chi connectivity index (χ1) is 11.7. The highest BCUT2D eigenvalue weighted by atomic mass is 19.1. The molecule has 0 saturated heterocycles. The molecule has 0 unspecified atom stereocenters. The number of carbonyl (C=O) groups excluding carboxylic acids is 1. The predicted octanol–water partition coefficient (Wildman–Crippen LogP) is 5.00. The van der Waals surface area contributed by atoms with E-state index < -0.39 is 0 Å². The Morgan fingerprint density at radius 1 is 0.875 bits per heavy atom. The second-order valence-electron chi connectivity index (χ2n) is 5.38. The second-order valence-corrected chi connectivity index (χ2v) is 5.38. The average molecular weight is 317 g/mol. The molecule has 0 spiro atoms. The third-order valence-corrected chi connectivity index (χ3v) is 3.66. The molecule has 3 aromatic rings. The summed E-state index contributed by atoms with van der Waals surface area (Å²) >= 11 is 0. The number of para-hydroxylation sites is 1. The lowest BCUT2D eigenvalue weighted by Gasteiger charge is -2.05. The summed E-state index contributed by atoms with van der Waals surface area (Å²) in [5.74, 6) is -0.350. The highest BCUT2D eigenvalue weighted by Crippen LogP contribution is 2.21. The van der Waals surface area contributed by atoms with Gasteiger partial charge in [0.15, 0.2) is 5.78 Å². The molecule has 0 aliphatic heterocycles. The van der Waals surface area contributed by atoms with Gasteiger partial charge in [-0.15, -0.1) is 0 Å². The van der Waals surface area contributed by atoms with Gasteiger partial charge in [-0.1, -0.05) is 60.7 Å². The van der Waals surface area contributed by atoms with E-state index in [2.05, 4.69) is 4.99 Å². The highest BCUT2D eigenvalue weighted by molar-refractivity contribution is 6.02. The van der Waals surface area contributed by atoms with Crippen molar-refractivity contribution in [2.24, 2.45) is 4.99 Å². The molecule has 0 saturated carbocycles. The van der Waals surface area contributed by atoms with E-state index in [4.69, 9.17) is 0 Å². The molecular weight excluding hydrogens is 301 g/mol. The minimum Gasteiger partial charge on any atom is -0.294 e. The third-order valence-electron chi connectivity index (χ3n) is 3.66. The van der Waals surface area contributed by atoms with Gasteiger partial charge in [-0.2, -0.15) is 0 Å². The highest BCUT2D eigenvalue weighted by Gasteiger charge is 2.11. The van der Waals surface area contributed by atoms with Crippen molar-refractivity contribution >= 4 is 17.7 Å². The molecule has 2 nitrogen and oxygen atoms in total. The first kappa shape index (κ1) is 15.8. The van der Waals surface area contributed by atoms with Crippen LogP contribution in [0.15, 0.2) is 83.9 Å². The lowest BCUT2D eigenvalue weighted by Crippen LogP contribution is -2.03. The molecule has 0 amide bonds. The Morgan fingerprint density at radius 2 is 1.54 bits per heavy atom. The maximum atomic E-state index is 13.7. The molecule has 0 heterocycles. The number of halogens is 1. The third kappa shape index (κ3) is 3.82. The lowest BCUT2D eigenvalue weighted by molar-refractivity contribution is 0.0993. The van der Waals surface area contributed by atoms with Gasteiger partial charge in [0.2, 0.25) is 0 Å². The van der Waals surface area contributed by atoms with E-state index in [1.807, 2.05) is 36.4 Å². The number of aliphatic imine (C=N–C) groups is 1. The number of Topliss-reactive ketones (excluding diaryl/α,β-unsaturated/α-hetero) is 1. The van der Waals surface area contributed by atoms with Gasteiger partial charge in [0.05, 0.1) is 5.69 Å². The van der Waals surface area contributed by atoms with Crippen LogP contribution in [0.4, 0.5) is 10.1 Å². The number of hydrogen-bond donors (Lipinski definition) is 0. The van der Waals surface area contributed by atoms with Crippen LogP contribution in [-0.4, -0.2) is 12.0 Å². The summed E-state index contributed by atoms with van der Waals surface area (Å²) in [6, 6.07) is 23.1. The Labute approximate surface area is 140 Å². The molecule has 118 valence electrons. The molecule has 24 heavy (non-hydrogen) atoms. The normalized spacial score (nSPS) is 10.9. The van der Waals surface area contributed by atoms with Gasteiger partial charge in [-0.25, -0.2) is 4.39 Å². The zero-order valence-corrected chi connectivity index (χ0v) is 13.0. The quantitative estimate of drug-likeness (QED) is 0.481. The molecule has 0 N–H and O–H groups in total. The van der Waals surface area contributed by atoms with Crippen LogP contribution in [0.25, 0.3) is 0 Å². The van der Waals surface area contributed by atoms with Crippen molar-refractivity contribution < 1.29 is 9.18 Å². The van der Waals surface area contributed by atoms with E-state index in [-0.39, 0.29) is 11.6 Å². The van der Waals surface area contributed by atoms with E-state index in [9.17, 15) is 9.18 Å². The zero-order chi connectivity index (χ0) is 16.8. The van der Waals surface area contributed by atoms with Crippen LogP contribution in [0.3, 0.4) is 0 Å². The number of benzene rings is 3. The predicted molar refractivity (Wildman–Crippen MR) is 94.6 cm³/mol. The molecule has 0 aliphatic carbocycles. The number of carbonyl (C=O) groups is 1. The molecule has 0 bridgehead atoms. The van der Waals surface area contributed by atoms with Gasteiger partial charge in [0.1, 0.15) is 5.82 Å². The minimum absolute atomic E-state index is 0.0116. The minimum atomic E-state index is -0.339. The topological polar surface area (TPSA) is 29.4 Å². The Morgan fingerprint density at radius 3 is 2.33 bits per heavy atom. The Hall–Kier alpha value is -3.07. The summed E-state index contributed by atoms with van der Waals surface area (Å²) in [6.07, 6.45) is 1.76. The first-order valence-electron chi connectivity index (χ1n) is 7.69. The van der Waals surface area contributed by atoms with Crippen LogP contribution in [0.5, 0.6) is 0 Å². The fourth-order valence-electron chi connectivity index (χ4n) is 2.42. The number of nitrogens with zero attached hydrogens (tertiary/aromatic N) is 1. The first-order valence-corrected chi connectivity index (χ1v) is 7.69. The van der Waals surface area contributed by atoms with Crippen molar-refractivity contribution in [1.82, 2.24) is 0 Å². The molecule has 0 radical (unpaired) electrons. The standard InChI is InChI=1S/C21H16FNO/c22-19-12-6-4-10-17(19)15-23-20-13-7-5-11-18(20)21(24)14-16-8-2-1-3-9-16/h1-13,15H,14H2. The van der Waals surface area contributed by atoms with Gasteiger partial charge in [-0.3, -0.25) is 9.79 Å². The average Bonchev–Trinajstić information content (AvgIpc) is 2.62. The maximum absolute atomic E-state index is 13.7. The van der Waals surface area contributed by atoms with Gasteiger partial charge < -0.3 is 0 Å². The molecule has 3 rings (SSSR count). The Kier molecular flexibility index (Phi) is 4.92. The smallest absolute Gasteiger partial charge is 0.169 e. The van der Waals surface area contributed by atoms with Crippen LogP contribution in [0.1, 0.15) is 21.5 Å². The van der Waals surface area contributed by atoms with Crippen molar-refractivity contribution in [3.05, 3.63) is 101 Å². The number of rotatable bonds is 5. The van der Waals surface area contributed by atoms with E-state index in [1.54, 1.807) is 36.4 Å². The van der Waals surface area contributed by atoms with Crippen LogP contribution in [-0.2, 0) is 6.42 Å². The molecule has 3 heteroatoms. The summed E-state index contributed by atoms with van der Waals surface area (Å²) in [5.41, 5.74) is 2.42. The van der Waals surface area contributed by atoms with E-state index in [0.717, 1.165) is 5.56 Å². The molecule has 0 atom stereocenters. The van der Waals surface area contributed by atoms with Crippen LogP contribution in [0.2, 0.25) is 0 Å². The van der Waals surface area contributed by atoms with Crippen molar-refractivity contribution in [3.8, 4) is 0 Å². The summed E-state index contributed by atoms with van der Waals surface area (Å²) in [6.45, 7) is 0. The fraction of sp³-hybridized carbons (Fsp3) is 0.0476. The monoisotopic (exact) mass is 317 g/mol. The molecular formula is C21H16FNO. The SMILES string of the molecule is O=C(Cc1ccccc1)c1ccccc1N=Cc1ccccc1F. The van der Waals surface area contributed by atoms with Gasteiger partial charge in [0.25, 0.3) is 0 Å². The number of ketones is 1. The van der Waals surface area contributed by atoms with Crippen LogP contribution < -0.4 is 0 Å². The number of hydrogen-bond acceptors (Lipinski definition) is 2. The largest absolute Gasteiger partial charge is 0.294 e. The van der Waals surface area contributed by atoms with Gasteiger partial charge >= 0.3 is 0 Å². The van der Waals surface area contributed by atoms with E-state index in [0.29, 0.717) is 23.2 Å². The summed E-state index contributed by atoms with van der Waals surface area (Å²) in [5, 5.41) is 0. The summed E-state index contributed by atoms with van der Waals surface area (Å²) < 4.78 is 13.7. The lowest BCUT2D eigenvalue weighted by atomic mass is 10.0. The van der Waals surface area contributed by atoms with Crippen molar-refractivity contribution in [1.29, 1.82) is 0 Å². The zero-order valence-electron chi connectivity index (χ0n) is 13.0. The van der Waals surface area contributed by atoms with Crippen LogP contribution >= 0.6 is 0 Å². The summed E-state index contributed by atoms with van der Waals surface area (Å²) in [4.78, 5) is 16.9. The van der Waals surface area contributed by atoms with Crippen molar-refractivity contribution in [3.63, 3.8) is 0 Å². The van der Waals surface area contributed by atoms with Crippen LogP contribution in [0, 0.1) is 5.82 Å². The Bertz CT molecular complexity index is 872. The molecule has 3 aromatic carbocycles. The van der Waals surface area contributed by atoms with Crippen molar-refractivity contribution in [2.45, 2.75) is 6.42 Å². The second kappa shape index (κ2) is 7.47. The fourth-order valence-corrected chi connectivity index (χ4v) is 2.42. The summed E-state index contributed by atoms with van der Waals surface area (Å²) in [7, 11) is 0. The Balaban J connectivity index is 1.85. The molecule has 0 aliphatic rings. The van der Waals surface area contributed by atoms with E-state index >= 15 is 0 Å².